The molecule has 2 aromatic carbocycles. The molecule has 1 amide bonds. The van der Waals surface area contributed by atoms with Crippen LogP contribution < -0.4 is 15.4 Å². The second kappa shape index (κ2) is 8.46. The first-order valence-corrected chi connectivity index (χ1v) is 9.78. The Hall–Kier alpha value is -2.82. The van der Waals surface area contributed by atoms with Crippen molar-refractivity contribution < 1.29 is 14.3 Å². The van der Waals surface area contributed by atoms with Crippen LogP contribution in [0.15, 0.2) is 36.4 Å². The molecule has 28 heavy (non-hydrogen) atoms. The Morgan fingerprint density at radius 2 is 1.75 bits per heavy atom. The predicted molar refractivity (Wildman–Crippen MR) is 112 cm³/mol. The first-order valence-electron chi connectivity index (χ1n) is 9.78. The second-order valence-corrected chi connectivity index (χ2v) is 7.56. The van der Waals surface area contributed by atoms with Crippen LogP contribution in [0.4, 0.5) is 11.4 Å². The van der Waals surface area contributed by atoms with Crippen LogP contribution in [0, 0.1) is 13.8 Å². The van der Waals surface area contributed by atoms with Gasteiger partial charge in [-0.15, -0.1) is 0 Å². The summed E-state index contributed by atoms with van der Waals surface area (Å²) in [6, 6.07) is 11.3. The molecule has 1 saturated carbocycles. The van der Waals surface area contributed by atoms with Gasteiger partial charge in [0.15, 0.2) is 6.29 Å². The molecule has 0 spiro atoms. The van der Waals surface area contributed by atoms with Gasteiger partial charge in [-0.2, -0.15) is 0 Å². The lowest BCUT2D eigenvalue weighted by molar-refractivity contribution is -0.121. The van der Waals surface area contributed by atoms with Gasteiger partial charge in [0.2, 0.25) is 5.91 Å². The second-order valence-electron chi connectivity index (χ2n) is 7.56. The monoisotopic (exact) mass is 380 g/mol. The number of carbonyl (C=O) groups excluding carboxylic acids is 2. The van der Waals surface area contributed by atoms with E-state index in [9.17, 15) is 9.59 Å². The quantitative estimate of drug-likeness (QED) is 0.701. The third kappa shape index (κ3) is 4.03. The number of hydrogen-bond donors (Lipinski definition) is 2. The predicted octanol–water partition coefficient (Wildman–Crippen LogP) is 4.88. The third-order valence-corrected chi connectivity index (χ3v) is 5.62. The number of hydrogen-bond acceptors (Lipinski definition) is 4. The Morgan fingerprint density at radius 1 is 1.07 bits per heavy atom. The van der Waals surface area contributed by atoms with Crippen molar-refractivity contribution in [2.24, 2.45) is 0 Å². The fourth-order valence-electron chi connectivity index (χ4n) is 3.95. The van der Waals surface area contributed by atoms with Crippen LogP contribution in [0.25, 0.3) is 0 Å². The fraction of sp³-hybridized carbons (Fsp3) is 0.391. The average molecular weight is 380 g/mol. The maximum Gasteiger partial charge on any atom is 0.250 e. The Labute approximate surface area is 166 Å². The molecule has 0 unspecified atom stereocenters. The molecule has 0 radical (unpaired) electrons. The Kier molecular flexibility index (Phi) is 6.02. The molecule has 148 valence electrons. The maximum atomic E-state index is 13.4. The van der Waals surface area contributed by atoms with E-state index in [-0.39, 0.29) is 5.91 Å². The summed E-state index contributed by atoms with van der Waals surface area (Å²) < 4.78 is 5.21. The van der Waals surface area contributed by atoms with E-state index >= 15 is 0 Å². The summed E-state index contributed by atoms with van der Waals surface area (Å²) in [6.45, 7) is 4.00. The minimum absolute atomic E-state index is 0.0442. The van der Waals surface area contributed by atoms with E-state index in [1.165, 1.54) is 0 Å². The van der Waals surface area contributed by atoms with Gasteiger partial charge in [-0.3, -0.25) is 9.59 Å². The van der Waals surface area contributed by atoms with Crippen molar-refractivity contribution in [1.82, 2.24) is 0 Å². The molecule has 5 nitrogen and oxygen atoms in total. The highest BCUT2D eigenvalue weighted by atomic mass is 16.5. The normalized spacial score (nSPS) is 15.5. The molecule has 0 heterocycles. The number of benzene rings is 2. The Bertz CT molecular complexity index is 850. The number of carbonyl (C=O) groups is 2. The lowest BCUT2D eigenvalue weighted by Gasteiger charge is -2.38. The van der Waals surface area contributed by atoms with Gasteiger partial charge >= 0.3 is 0 Å². The average Bonchev–Trinajstić information content (AvgIpc) is 2.71. The zero-order chi connectivity index (χ0) is 20.1. The molecule has 3 rings (SSSR count). The van der Waals surface area contributed by atoms with Crippen molar-refractivity contribution in [3.05, 3.63) is 53.1 Å². The van der Waals surface area contributed by atoms with Crippen molar-refractivity contribution in [3.8, 4) is 5.75 Å². The van der Waals surface area contributed by atoms with Gasteiger partial charge in [-0.25, -0.2) is 0 Å². The van der Waals surface area contributed by atoms with Crippen LogP contribution >= 0.6 is 0 Å². The number of para-hydroxylation sites is 1. The molecule has 1 aliphatic rings. The van der Waals surface area contributed by atoms with E-state index in [4.69, 9.17) is 4.74 Å². The number of amides is 1. The van der Waals surface area contributed by atoms with E-state index in [2.05, 4.69) is 10.6 Å². The largest absolute Gasteiger partial charge is 0.497 e. The molecule has 1 fully saturated rings. The summed E-state index contributed by atoms with van der Waals surface area (Å²) in [5.74, 6) is 0.572. The molecule has 1 aliphatic carbocycles. The molecule has 0 aliphatic heterocycles. The summed E-state index contributed by atoms with van der Waals surface area (Å²) >= 11 is 0. The van der Waals surface area contributed by atoms with Crippen LogP contribution in [0.2, 0.25) is 0 Å². The highest BCUT2D eigenvalue weighted by molar-refractivity contribution is 6.02. The van der Waals surface area contributed by atoms with Gasteiger partial charge in [0.1, 0.15) is 11.3 Å². The molecule has 0 bridgehead atoms. The molecule has 0 aromatic heterocycles. The summed E-state index contributed by atoms with van der Waals surface area (Å²) in [5, 5.41) is 6.58. The van der Waals surface area contributed by atoms with Gasteiger partial charge in [0, 0.05) is 16.9 Å². The summed E-state index contributed by atoms with van der Waals surface area (Å²) in [7, 11) is 1.57. The van der Waals surface area contributed by atoms with Crippen molar-refractivity contribution >= 4 is 23.6 Å². The minimum Gasteiger partial charge on any atom is -0.497 e. The topological polar surface area (TPSA) is 67.4 Å². The van der Waals surface area contributed by atoms with Crippen LogP contribution in [-0.4, -0.2) is 24.8 Å². The molecular weight excluding hydrogens is 352 g/mol. The highest BCUT2D eigenvalue weighted by Gasteiger charge is 2.40. The first kappa shape index (κ1) is 19.9. The SMILES string of the molecule is COc1ccc(NC2(C(=O)Nc3c(C)cccc3C)CCCCC2)c(C=O)c1. The van der Waals surface area contributed by atoms with E-state index in [1.807, 2.05) is 38.1 Å². The van der Waals surface area contributed by atoms with Crippen LogP contribution in [0.5, 0.6) is 5.75 Å². The molecule has 5 heteroatoms. The summed E-state index contributed by atoms with van der Waals surface area (Å²) in [5.41, 5.74) is 3.36. The van der Waals surface area contributed by atoms with E-state index in [1.54, 1.807) is 19.2 Å². The zero-order valence-corrected chi connectivity index (χ0v) is 16.8. The molecule has 0 atom stereocenters. The number of aryl methyl sites for hydroxylation is 2. The maximum absolute atomic E-state index is 13.4. The van der Waals surface area contributed by atoms with Crippen LogP contribution in [-0.2, 0) is 4.79 Å². The highest BCUT2D eigenvalue weighted by Crippen LogP contribution is 2.35. The van der Waals surface area contributed by atoms with Gasteiger partial charge in [-0.05, 0) is 56.0 Å². The van der Waals surface area contributed by atoms with Crippen LogP contribution in [0.1, 0.15) is 53.6 Å². The number of nitrogens with one attached hydrogen (secondary N) is 2. The number of ether oxygens (including phenoxy) is 1. The number of rotatable bonds is 6. The van der Waals surface area contributed by atoms with Crippen molar-refractivity contribution in [1.29, 1.82) is 0 Å². The van der Waals surface area contributed by atoms with Gasteiger partial charge in [0.05, 0.1) is 7.11 Å². The summed E-state index contributed by atoms with van der Waals surface area (Å²) in [4.78, 5) is 25.0. The van der Waals surface area contributed by atoms with Gasteiger partial charge in [0.25, 0.3) is 0 Å². The lowest BCUT2D eigenvalue weighted by atomic mass is 9.80. The van der Waals surface area contributed by atoms with Gasteiger partial charge in [-0.1, -0.05) is 37.5 Å². The molecule has 0 saturated heterocycles. The number of methoxy groups -OCH3 is 1. The van der Waals surface area contributed by atoms with Crippen molar-refractivity contribution in [2.75, 3.05) is 17.7 Å². The summed E-state index contributed by atoms with van der Waals surface area (Å²) in [6.07, 6.45) is 5.32. The van der Waals surface area contributed by atoms with Crippen LogP contribution in [0.3, 0.4) is 0 Å². The Balaban J connectivity index is 1.93. The first-order chi connectivity index (χ1) is 13.5. The minimum atomic E-state index is -0.737. The van der Waals surface area contributed by atoms with E-state index in [0.717, 1.165) is 55.2 Å². The smallest absolute Gasteiger partial charge is 0.250 e. The van der Waals surface area contributed by atoms with Gasteiger partial charge < -0.3 is 15.4 Å². The standard InChI is InChI=1S/C23H28N2O3/c1-16-8-7-9-17(2)21(16)24-22(27)23(12-5-4-6-13-23)25-20-11-10-19(28-3)14-18(20)15-26/h7-11,14-15,25H,4-6,12-13H2,1-3H3,(H,24,27). The van der Waals surface area contributed by atoms with E-state index in [0.29, 0.717) is 17.0 Å². The zero-order valence-electron chi connectivity index (χ0n) is 16.8. The lowest BCUT2D eigenvalue weighted by Crippen LogP contribution is -2.51. The number of aldehydes is 1. The van der Waals surface area contributed by atoms with E-state index < -0.39 is 5.54 Å². The number of anilines is 2. The van der Waals surface area contributed by atoms with Crippen molar-refractivity contribution in [3.63, 3.8) is 0 Å². The molecular formula is C23H28N2O3. The molecule has 2 N–H and O–H groups in total. The Morgan fingerprint density at radius 3 is 2.36 bits per heavy atom. The fourth-order valence-corrected chi connectivity index (χ4v) is 3.95. The molecule has 2 aromatic rings. The third-order valence-electron chi connectivity index (χ3n) is 5.62. The van der Waals surface area contributed by atoms with Crippen molar-refractivity contribution in [2.45, 2.75) is 51.5 Å².